The minimum absolute atomic E-state index is 0.125. The third-order valence-corrected chi connectivity index (χ3v) is 4.52. The Morgan fingerprint density at radius 3 is 2.67 bits per heavy atom. The van der Waals surface area contributed by atoms with Crippen molar-refractivity contribution in [3.05, 3.63) is 57.0 Å². The molecule has 0 aliphatic rings. The van der Waals surface area contributed by atoms with Gasteiger partial charge in [-0.15, -0.1) is 0 Å². The fourth-order valence-corrected chi connectivity index (χ4v) is 2.44. The zero-order valence-electron chi connectivity index (χ0n) is 12.2. The van der Waals surface area contributed by atoms with E-state index in [1.54, 1.807) is 0 Å². The lowest BCUT2D eigenvalue weighted by atomic mass is 10.0. The molecule has 2 rings (SSSR count). The lowest BCUT2D eigenvalue weighted by molar-refractivity contribution is 0.471. The van der Waals surface area contributed by atoms with Gasteiger partial charge in [0, 0.05) is 15.5 Å². The Balaban J connectivity index is 2.28. The van der Waals surface area contributed by atoms with Crippen molar-refractivity contribution in [1.29, 1.82) is 0 Å². The highest BCUT2D eigenvalue weighted by Crippen LogP contribution is 2.31. The van der Waals surface area contributed by atoms with E-state index in [0.29, 0.717) is 5.02 Å². The largest absolute Gasteiger partial charge is 0.457 e. The average molecular weight is 369 g/mol. The molecule has 0 aliphatic carbocycles. The Labute approximate surface area is 139 Å². The standard InChI is InChI=1S/C17H19BrClNO/c1-3-14(20)9-12-4-5-13(19)10-17(12)21-15-6-7-16(18)11(2)8-15/h4-8,10,14H,3,9,20H2,1-2H3. The van der Waals surface area contributed by atoms with Crippen molar-refractivity contribution in [1.82, 2.24) is 0 Å². The van der Waals surface area contributed by atoms with Crippen molar-refractivity contribution >= 4 is 27.5 Å². The van der Waals surface area contributed by atoms with Crippen LogP contribution in [0, 0.1) is 6.92 Å². The molecule has 0 aliphatic heterocycles. The van der Waals surface area contributed by atoms with E-state index in [4.69, 9.17) is 22.1 Å². The molecule has 0 spiro atoms. The van der Waals surface area contributed by atoms with Crippen molar-refractivity contribution in [2.45, 2.75) is 32.7 Å². The molecule has 112 valence electrons. The molecular formula is C17H19BrClNO. The Bertz CT molecular complexity index is 630. The van der Waals surface area contributed by atoms with Gasteiger partial charge in [-0.1, -0.05) is 40.5 Å². The first kappa shape index (κ1) is 16.3. The molecule has 4 heteroatoms. The summed E-state index contributed by atoms with van der Waals surface area (Å²) in [7, 11) is 0. The van der Waals surface area contributed by atoms with Crippen molar-refractivity contribution in [3.8, 4) is 11.5 Å². The fourth-order valence-electron chi connectivity index (χ4n) is 2.03. The smallest absolute Gasteiger partial charge is 0.132 e. The van der Waals surface area contributed by atoms with E-state index >= 15 is 0 Å². The van der Waals surface area contributed by atoms with Crippen LogP contribution in [-0.2, 0) is 6.42 Å². The van der Waals surface area contributed by atoms with Crippen LogP contribution in [0.15, 0.2) is 40.9 Å². The summed E-state index contributed by atoms with van der Waals surface area (Å²) in [6, 6.07) is 11.7. The molecule has 2 N–H and O–H groups in total. The molecule has 0 aromatic heterocycles. The van der Waals surface area contributed by atoms with Crippen molar-refractivity contribution in [2.24, 2.45) is 5.73 Å². The molecule has 0 saturated heterocycles. The van der Waals surface area contributed by atoms with Crippen molar-refractivity contribution < 1.29 is 4.74 Å². The quantitative estimate of drug-likeness (QED) is 0.758. The molecule has 21 heavy (non-hydrogen) atoms. The highest BCUT2D eigenvalue weighted by Gasteiger charge is 2.10. The molecule has 1 atom stereocenters. The van der Waals surface area contributed by atoms with E-state index in [1.165, 1.54) is 0 Å². The first-order valence-corrected chi connectivity index (χ1v) is 8.14. The van der Waals surface area contributed by atoms with Crippen LogP contribution < -0.4 is 10.5 Å². The van der Waals surface area contributed by atoms with Crippen LogP contribution in [0.2, 0.25) is 5.02 Å². The Morgan fingerprint density at radius 2 is 2.00 bits per heavy atom. The summed E-state index contributed by atoms with van der Waals surface area (Å²) in [4.78, 5) is 0. The second kappa shape index (κ2) is 7.30. The van der Waals surface area contributed by atoms with Gasteiger partial charge < -0.3 is 10.5 Å². The number of benzene rings is 2. The van der Waals surface area contributed by atoms with Gasteiger partial charge in [0.2, 0.25) is 0 Å². The van der Waals surface area contributed by atoms with Crippen LogP contribution in [0.25, 0.3) is 0 Å². The Kier molecular flexibility index (Phi) is 5.68. The molecular weight excluding hydrogens is 350 g/mol. The maximum Gasteiger partial charge on any atom is 0.132 e. The number of rotatable bonds is 5. The maximum absolute atomic E-state index is 6.09. The summed E-state index contributed by atoms with van der Waals surface area (Å²) in [5, 5.41) is 0.660. The lowest BCUT2D eigenvalue weighted by Crippen LogP contribution is -2.21. The predicted molar refractivity (Wildman–Crippen MR) is 92.4 cm³/mol. The Morgan fingerprint density at radius 1 is 1.24 bits per heavy atom. The van der Waals surface area contributed by atoms with Crippen LogP contribution in [0.1, 0.15) is 24.5 Å². The summed E-state index contributed by atoms with van der Waals surface area (Å²) in [5.41, 5.74) is 8.26. The zero-order chi connectivity index (χ0) is 15.4. The predicted octanol–water partition coefficient (Wildman–Crippen LogP) is 5.48. The molecule has 2 nitrogen and oxygen atoms in total. The van der Waals surface area contributed by atoms with E-state index in [1.807, 2.05) is 43.3 Å². The maximum atomic E-state index is 6.09. The first-order chi connectivity index (χ1) is 9.99. The number of hydrogen-bond donors (Lipinski definition) is 1. The highest BCUT2D eigenvalue weighted by atomic mass is 79.9. The third kappa shape index (κ3) is 4.47. The normalized spacial score (nSPS) is 12.2. The molecule has 0 fully saturated rings. The minimum atomic E-state index is 0.125. The summed E-state index contributed by atoms with van der Waals surface area (Å²) in [5.74, 6) is 1.57. The Hall–Kier alpha value is -1.03. The summed E-state index contributed by atoms with van der Waals surface area (Å²) >= 11 is 9.58. The molecule has 0 saturated carbocycles. The second-order valence-electron chi connectivity index (χ2n) is 5.14. The molecule has 2 aromatic carbocycles. The van der Waals surface area contributed by atoms with Crippen LogP contribution in [0.5, 0.6) is 11.5 Å². The van der Waals surface area contributed by atoms with E-state index in [0.717, 1.165) is 39.9 Å². The van der Waals surface area contributed by atoms with Gasteiger partial charge in [-0.3, -0.25) is 0 Å². The van der Waals surface area contributed by atoms with Gasteiger partial charge in [0.15, 0.2) is 0 Å². The van der Waals surface area contributed by atoms with Gasteiger partial charge in [0.25, 0.3) is 0 Å². The van der Waals surface area contributed by atoms with Crippen molar-refractivity contribution in [3.63, 3.8) is 0 Å². The molecule has 2 aromatic rings. The number of hydrogen-bond acceptors (Lipinski definition) is 2. The molecule has 1 unspecified atom stereocenters. The number of ether oxygens (including phenoxy) is 1. The van der Waals surface area contributed by atoms with Gasteiger partial charge in [-0.05, 0) is 61.2 Å². The van der Waals surface area contributed by atoms with Crippen LogP contribution in [-0.4, -0.2) is 6.04 Å². The van der Waals surface area contributed by atoms with Crippen LogP contribution in [0.3, 0.4) is 0 Å². The van der Waals surface area contributed by atoms with Gasteiger partial charge in [0.1, 0.15) is 11.5 Å². The summed E-state index contributed by atoms with van der Waals surface area (Å²) in [6.07, 6.45) is 1.71. The zero-order valence-corrected chi connectivity index (χ0v) is 14.5. The number of halogens is 2. The lowest BCUT2D eigenvalue weighted by Gasteiger charge is -2.15. The summed E-state index contributed by atoms with van der Waals surface area (Å²) < 4.78 is 7.07. The third-order valence-electron chi connectivity index (χ3n) is 3.39. The number of nitrogens with two attached hydrogens (primary N) is 1. The molecule has 0 amide bonds. The molecule has 0 bridgehead atoms. The van der Waals surface area contributed by atoms with Crippen LogP contribution >= 0.6 is 27.5 Å². The van der Waals surface area contributed by atoms with Crippen molar-refractivity contribution in [2.75, 3.05) is 0 Å². The van der Waals surface area contributed by atoms with E-state index in [2.05, 4.69) is 22.9 Å². The van der Waals surface area contributed by atoms with E-state index in [9.17, 15) is 0 Å². The van der Waals surface area contributed by atoms with Gasteiger partial charge >= 0.3 is 0 Å². The monoisotopic (exact) mass is 367 g/mol. The average Bonchev–Trinajstić information content (AvgIpc) is 2.45. The van der Waals surface area contributed by atoms with Crippen LogP contribution in [0.4, 0.5) is 0 Å². The molecule has 0 heterocycles. The van der Waals surface area contributed by atoms with Gasteiger partial charge in [-0.25, -0.2) is 0 Å². The minimum Gasteiger partial charge on any atom is -0.457 e. The first-order valence-electron chi connectivity index (χ1n) is 6.97. The topological polar surface area (TPSA) is 35.2 Å². The fraction of sp³-hybridized carbons (Fsp3) is 0.294. The molecule has 0 radical (unpaired) electrons. The SMILES string of the molecule is CCC(N)Cc1ccc(Cl)cc1Oc1ccc(Br)c(C)c1. The second-order valence-corrected chi connectivity index (χ2v) is 6.43. The van der Waals surface area contributed by atoms with Gasteiger partial charge in [0.05, 0.1) is 0 Å². The van der Waals surface area contributed by atoms with E-state index < -0.39 is 0 Å². The van der Waals surface area contributed by atoms with Gasteiger partial charge in [-0.2, -0.15) is 0 Å². The highest BCUT2D eigenvalue weighted by molar-refractivity contribution is 9.10. The van der Waals surface area contributed by atoms with E-state index in [-0.39, 0.29) is 6.04 Å². The number of aryl methyl sites for hydroxylation is 1. The summed E-state index contributed by atoms with van der Waals surface area (Å²) in [6.45, 7) is 4.11.